The summed E-state index contributed by atoms with van der Waals surface area (Å²) in [6.07, 6.45) is 1.71. The van der Waals surface area contributed by atoms with Crippen LogP contribution in [0.2, 0.25) is 0 Å². The molecular weight excluding hydrogens is 442 g/mol. The fourth-order valence-corrected chi connectivity index (χ4v) is 4.01. The average Bonchev–Trinajstić information content (AvgIpc) is 3.50. The van der Waals surface area contributed by atoms with E-state index in [9.17, 15) is 4.79 Å². The zero-order chi connectivity index (χ0) is 22.5. The molecule has 33 heavy (non-hydrogen) atoms. The maximum Gasteiger partial charge on any atom is 0.277 e. The van der Waals surface area contributed by atoms with Crippen LogP contribution in [-0.2, 0) is 9.53 Å². The summed E-state index contributed by atoms with van der Waals surface area (Å²) in [6.45, 7) is 3.16. The van der Waals surface area contributed by atoms with E-state index in [1.165, 1.54) is 11.3 Å². The third kappa shape index (κ3) is 5.40. The first-order chi connectivity index (χ1) is 16.2. The van der Waals surface area contributed by atoms with Crippen molar-refractivity contribution >= 4 is 33.9 Å². The Balaban J connectivity index is 1.25. The third-order valence-corrected chi connectivity index (χ3v) is 5.68. The first-order valence-electron chi connectivity index (χ1n) is 10.4. The van der Waals surface area contributed by atoms with Crippen LogP contribution in [0.4, 0.5) is 16.6 Å². The molecule has 5 rings (SSSR count). The maximum absolute atomic E-state index is 12.4. The topological polar surface area (TPSA) is 118 Å². The van der Waals surface area contributed by atoms with Gasteiger partial charge in [-0.3, -0.25) is 9.69 Å². The minimum Gasteiger partial charge on any atom is -0.379 e. The van der Waals surface area contributed by atoms with Crippen molar-refractivity contribution < 1.29 is 14.1 Å². The Morgan fingerprint density at radius 1 is 1.12 bits per heavy atom. The third-order valence-electron chi connectivity index (χ3n) is 4.92. The van der Waals surface area contributed by atoms with E-state index in [0.29, 0.717) is 53.8 Å². The van der Waals surface area contributed by atoms with Gasteiger partial charge in [-0.15, -0.1) is 11.3 Å². The highest BCUT2D eigenvalue weighted by Gasteiger charge is 2.16. The van der Waals surface area contributed by atoms with Crippen molar-refractivity contribution in [2.75, 3.05) is 43.5 Å². The Hall–Kier alpha value is -3.67. The summed E-state index contributed by atoms with van der Waals surface area (Å²) in [5.74, 6) is 1.37. The minimum atomic E-state index is -0.0711. The number of hydrogen-bond donors (Lipinski definition) is 2. The van der Waals surface area contributed by atoms with Crippen LogP contribution < -0.4 is 10.6 Å². The molecule has 1 aromatic carbocycles. The highest BCUT2D eigenvalue weighted by atomic mass is 32.1. The van der Waals surface area contributed by atoms with E-state index in [1.807, 2.05) is 47.8 Å². The standard InChI is InChI=1S/C22H21N7O3S/c30-19(13-29-8-10-31-11-9-29)24-16-5-3-4-15(12-16)20-27-21(32-28-20)17-14-33-22(25-17)26-18-6-1-2-7-23-18/h1-7,12,14H,8-11,13H2,(H,24,30)(H,23,25,26). The van der Waals surface area contributed by atoms with Crippen molar-refractivity contribution in [2.45, 2.75) is 0 Å². The van der Waals surface area contributed by atoms with Crippen LogP contribution in [0.1, 0.15) is 0 Å². The fourth-order valence-electron chi connectivity index (χ4n) is 3.32. The summed E-state index contributed by atoms with van der Waals surface area (Å²) < 4.78 is 10.7. The van der Waals surface area contributed by atoms with Gasteiger partial charge in [0.2, 0.25) is 11.7 Å². The Morgan fingerprint density at radius 3 is 2.88 bits per heavy atom. The molecule has 11 heteroatoms. The van der Waals surface area contributed by atoms with Crippen molar-refractivity contribution in [3.05, 3.63) is 54.0 Å². The fraction of sp³-hybridized carbons (Fsp3) is 0.227. The Labute approximate surface area is 193 Å². The quantitative estimate of drug-likeness (QED) is 0.426. The highest BCUT2D eigenvalue weighted by molar-refractivity contribution is 7.14. The molecule has 0 aliphatic carbocycles. The number of benzene rings is 1. The summed E-state index contributed by atoms with van der Waals surface area (Å²) in [6, 6.07) is 13.0. The smallest absolute Gasteiger partial charge is 0.277 e. The Morgan fingerprint density at radius 2 is 2.03 bits per heavy atom. The van der Waals surface area contributed by atoms with Gasteiger partial charge in [0.1, 0.15) is 11.5 Å². The molecule has 10 nitrogen and oxygen atoms in total. The van der Waals surface area contributed by atoms with Crippen LogP contribution in [-0.4, -0.2) is 63.8 Å². The molecular formula is C22H21N7O3S. The summed E-state index contributed by atoms with van der Waals surface area (Å²) in [7, 11) is 0. The van der Waals surface area contributed by atoms with Gasteiger partial charge in [-0.2, -0.15) is 4.98 Å². The maximum atomic E-state index is 12.4. The number of thiazole rings is 1. The summed E-state index contributed by atoms with van der Waals surface area (Å²) >= 11 is 1.42. The molecule has 1 amide bonds. The second-order valence-corrected chi connectivity index (χ2v) is 8.18. The lowest BCUT2D eigenvalue weighted by Gasteiger charge is -2.25. The number of morpholine rings is 1. The molecule has 1 aliphatic heterocycles. The Kier molecular flexibility index (Phi) is 6.33. The number of nitrogens with zero attached hydrogens (tertiary/aromatic N) is 5. The molecule has 0 radical (unpaired) electrons. The lowest BCUT2D eigenvalue weighted by Crippen LogP contribution is -2.41. The molecule has 0 spiro atoms. The first-order valence-corrected chi connectivity index (χ1v) is 11.3. The van der Waals surface area contributed by atoms with E-state index in [1.54, 1.807) is 6.20 Å². The van der Waals surface area contributed by atoms with E-state index < -0.39 is 0 Å². The van der Waals surface area contributed by atoms with Gasteiger partial charge in [0, 0.05) is 35.9 Å². The molecule has 4 heterocycles. The van der Waals surface area contributed by atoms with Gasteiger partial charge in [-0.25, -0.2) is 9.97 Å². The Bertz CT molecular complexity index is 1220. The number of aromatic nitrogens is 4. The predicted molar refractivity (Wildman–Crippen MR) is 124 cm³/mol. The molecule has 0 saturated carbocycles. The van der Waals surface area contributed by atoms with Crippen LogP contribution in [0, 0.1) is 0 Å². The predicted octanol–water partition coefficient (Wildman–Crippen LogP) is 3.27. The van der Waals surface area contributed by atoms with Gasteiger partial charge in [-0.05, 0) is 24.3 Å². The summed E-state index contributed by atoms with van der Waals surface area (Å²) in [4.78, 5) is 27.7. The van der Waals surface area contributed by atoms with Gasteiger partial charge < -0.3 is 19.9 Å². The van der Waals surface area contributed by atoms with Gasteiger partial charge in [-0.1, -0.05) is 23.4 Å². The molecule has 3 aromatic heterocycles. The van der Waals surface area contributed by atoms with E-state index in [0.717, 1.165) is 18.7 Å². The molecule has 1 fully saturated rings. The van der Waals surface area contributed by atoms with Gasteiger partial charge >= 0.3 is 0 Å². The number of ether oxygens (including phenoxy) is 1. The first kappa shape index (κ1) is 21.2. The van der Waals surface area contributed by atoms with Crippen molar-refractivity contribution in [2.24, 2.45) is 0 Å². The second kappa shape index (κ2) is 9.86. The number of amides is 1. The minimum absolute atomic E-state index is 0.0711. The van der Waals surface area contributed by atoms with Crippen molar-refractivity contribution in [3.8, 4) is 23.0 Å². The average molecular weight is 464 g/mol. The number of nitrogens with one attached hydrogen (secondary N) is 2. The van der Waals surface area contributed by atoms with Crippen LogP contribution in [0.15, 0.2) is 58.6 Å². The number of rotatable bonds is 7. The van der Waals surface area contributed by atoms with E-state index in [2.05, 4.69) is 35.6 Å². The zero-order valence-electron chi connectivity index (χ0n) is 17.6. The SMILES string of the molecule is O=C(CN1CCOCC1)Nc1cccc(-c2noc(-c3csc(Nc4ccccn4)n3)n2)c1. The normalized spacial score (nSPS) is 14.2. The number of carbonyl (C=O) groups excluding carboxylic acids is 1. The summed E-state index contributed by atoms with van der Waals surface area (Å²) in [5, 5.41) is 12.7. The van der Waals surface area contributed by atoms with Gasteiger partial charge in [0.05, 0.1) is 19.8 Å². The molecule has 168 valence electrons. The van der Waals surface area contributed by atoms with E-state index in [-0.39, 0.29) is 5.91 Å². The van der Waals surface area contributed by atoms with Crippen LogP contribution >= 0.6 is 11.3 Å². The molecule has 0 bridgehead atoms. The molecule has 0 atom stereocenters. The van der Waals surface area contributed by atoms with Crippen molar-refractivity contribution in [3.63, 3.8) is 0 Å². The summed E-state index contributed by atoms with van der Waals surface area (Å²) in [5.41, 5.74) is 1.98. The largest absolute Gasteiger partial charge is 0.379 e. The van der Waals surface area contributed by atoms with Crippen molar-refractivity contribution in [1.82, 2.24) is 25.0 Å². The number of carbonyl (C=O) groups is 1. The van der Waals surface area contributed by atoms with Gasteiger partial charge in [0.25, 0.3) is 5.89 Å². The monoisotopic (exact) mass is 463 g/mol. The molecule has 2 N–H and O–H groups in total. The lowest BCUT2D eigenvalue weighted by molar-refractivity contribution is -0.118. The zero-order valence-corrected chi connectivity index (χ0v) is 18.4. The number of hydrogen-bond acceptors (Lipinski definition) is 10. The molecule has 1 aliphatic rings. The van der Waals surface area contributed by atoms with Gasteiger partial charge in [0.15, 0.2) is 5.13 Å². The lowest BCUT2D eigenvalue weighted by atomic mass is 10.2. The molecule has 4 aromatic rings. The van der Waals surface area contributed by atoms with E-state index >= 15 is 0 Å². The molecule has 0 unspecified atom stereocenters. The molecule has 1 saturated heterocycles. The van der Waals surface area contributed by atoms with Crippen LogP contribution in [0.3, 0.4) is 0 Å². The van der Waals surface area contributed by atoms with Crippen molar-refractivity contribution in [1.29, 1.82) is 0 Å². The second-order valence-electron chi connectivity index (χ2n) is 7.32. The number of anilines is 3. The van der Waals surface area contributed by atoms with Crippen LogP contribution in [0.5, 0.6) is 0 Å². The number of pyridine rings is 1. The van der Waals surface area contributed by atoms with E-state index in [4.69, 9.17) is 9.26 Å². The highest BCUT2D eigenvalue weighted by Crippen LogP contribution is 2.28. The van der Waals surface area contributed by atoms with Crippen LogP contribution in [0.25, 0.3) is 23.0 Å².